The second-order valence-corrected chi connectivity index (χ2v) is 7.19. The van der Waals surface area contributed by atoms with Gasteiger partial charge in [0.2, 0.25) is 5.95 Å². The van der Waals surface area contributed by atoms with E-state index < -0.39 is 0 Å². The Hall–Kier alpha value is -2.71. The van der Waals surface area contributed by atoms with Crippen molar-refractivity contribution in [1.82, 2.24) is 24.4 Å². The molecule has 1 fully saturated rings. The summed E-state index contributed by atoms with van der Waals surface area (Å²) in [5.41, 5.74) is 2.58. The van der Waals surface area contributed by atoms with Gasteiger partial charge in [0.05, 0.1) is 19.5 Å². The van der Waals surface area contributed by atoms with E-state index in [1.807, 2.05) is 36.7 Å². The van der Waals surface area contributed by atoms with E-state index in [9.17, 15) is 0 Å². The summed E-state index contributed by atoms with van der Waals surface area (Å²) in [5.74, 6) is 1.33. The third kappa shape index (κ3) is 4.23. The summed E-state index contributed by atoms with van der Waals surface area (Å²) in [4.78, 5) is 16.4. The molecular formula is C20H27N7O. The molecule has 0 amide bonds. The molecule has 0 unspecified atom stereocenters. The number of rotatable bonds is 7. The number of nitrogens with one attached hydrogen (secondary N) is 2. The van der Waals surface area contributed by atoms with Gasteiger partial charge in [0.25, 0.3) is 0 Å². The predicted molar refractivity (Wildman–Crippen MR) is 111 cm³/mol. The average molecular weight is 381 g/mol. The average Bonchev–Trinajstić information content (AvgIpc) is 3.14. The van der Waals surface area contributed by atoms with Gasteiger partial charge in [0.15, 0.2) is 17.0 Å². The molecule has 4 rings (SSSR count). The number of fused-ring (bicyclic) bond motifs is 1. The summed E-state index contributed by atoms with van der Waals surface area (Å²) in [6, 6.07) is 10.3. The van der Waals surface area contributed by atoms with Crippen molar-refractivity contribution in [1.29, 1.82) is 0 Å². The summed E-state index contributed by atoms with van der Waals surface area (Å²) < 4.78 is 7.48. The number of ether oxygens (including phenoxy) is 1. The third-order valence-corrected chi connectivity index (χ3v) is 4.83. The zero-order valence-electron chi connectivity index (χ0n) is 16.4. The Labute approximate surface area is 164 Å². The Morgan fingerprint density at radius 2 is 1.89 bits per heavy atom. The van der Waals surface area contributed by atoms with Gasteiger partial charge in [0, 0.05) is 37.9 Å². The van der Waals surface area contributed by atoms with Crippen LogP contribution in [0.4, 0.5) is 17.5 Å². The Balaban J connectivity index is 1.57. The van der Waals surface area contributed by atoms with E-state index in [2.05, 4.69) is 38.9 Å². The van der Waals surface area contributed by atoms with Crippen LogP contribution in [0.15, 0.2) is 36.7 Å². The minimum Gasteiger partial charge on any atom is -0.379 e. The lowest BCUT2D eigenvalue weighted by atomic mass is 10.3. The first-order chi connectivity index (χ1) is 13.7. The zero-order valence-corrected chi connectivity index (χ0v) is 16.4. The van der Waals surface area contributed by atoms with Crippen LogP contribution in [0.5, 0.6) is 0 Å². The van der Waals surface area contributed by atoms with Crippen LogP contribution in [0.3, 0.4) is 0 Å². The van der Waals surface area contributed by atoms with Crippen LogP contribution in [-0.4, -0.2) is 63.8 Å². The molecule has 0 spiro atoms. The molecule has 8 heteroatoms. The standard InChI is InChI=1S/C20H27N7O/c1-15(2)27-14-22-17-18(23-16-6-4-3-5-7-16)24-20(25-19(17)27)21-8-9-26-10-12-28-13-11-26/h3-7,14-15H,8-13H2,1-2H3,(H2,21,23,24,25). The van der Waals surface area contributed by atoms with Gasteiger partial charge in [-0.3, -0.25) is 4.90 Å². The van der Waals surface area contributed by atoms with E-state index in [0.717, 1.165) is 56.2 Å². The highest BCUT2D eigenvalue weighted by molar-refractivity contribution is 5.86. The van der Waals surface area contributed by atoms with E-state index in [0.29, 0.717) is 11.8 Å². The minimum atomic E-state index is 0.269. The van der Waals surface area contributed by atoms with E-state index >= 15 is 0 Å². The highest BCUT2D eigenvalue weighted by atomic mass is 16.5. The molecule has 1 saturated heterocycles. The highest BCUT2D eigenvalue weighted by Crippen LogP contribution is 2.25. The van der Waals surface area contributed by atoms with E-state index in [4.69, 9.17) is 14.7 Å². The molecule has 3 heterocycles. The monoisotopic (exact) mass is 381 g/mol. The Kier molecular flexibility index (Phi) is 5.68. The zero-order chi connectivity index (χ0) is 19.3. The quantitative estimate of drug-likeness (QED) is 0.651. The summed E-state index contributed by atoms with van der Waals surface area (Å²) in [6.07, 6.45) is 1.83. The fourth-order valence-corrected chi connectivity index (χ4v) is 3.27. The first-order valence-corrected chi connectivity index (χ1v) is 9.81. The SMILES string of the molecule is CC(C)n1cnc2c(Nc3ccccc3)nc(NCCN3CCOCC3)nc21. The first-order valence-electron chi connectivity index (χ1n) is 9.81. The molecule has 2 aromatic heterocycles. The van der Waals surface area contributed by atoms with Crippen LogP contribution in [0.2, 0.25) is 0 Å². The van der Waals surface area contributed by atoms with Gasteiger partial charge in [-0.1, -0.05) is 18.2 Å². The number of hydrogen-bond donors (Lipinski definition) is 2. The Morgan fingerprint density at radius 3 is 2.64 bits per heavy atom. The maximum absolute atomic E-state index is 5.41. The van der Waals surface area contributed by atoms with Crippen molar-refractivity contribution in [2.45, 2.75) is 19.9 Å². The Morgan fingerprint density at radius 1 is 1.11 bits per heavy atom. The van der Waals surface area contributed by atoms with Gasteiger partial charge in [0.1, 0.15) is 0 Å². The smallest absolute Gasteiger partial charge is 0.226 e. The molecule has 148 valence electrons. The fourth-order valence-electron chi connectivity index (χ4n) is 3.27. The Bertz CT molecular complexity index is 904. The van der Waals surface area contributed by atoms with Crippen molar-refractivity contribution < 1.29 is 4.74 Å². The number of morpholine rings is 1. The highest BCUT2D eigenvalue weighted by Gasteiger charge is 2.16. The van der Waals surface area contributed by atoms with Crippen molar-refractivity contribution >= 4 is 28.6 Å². The van der Waals surface area contributed by atoms with Crippen molar-refractivity contribution in [3.63, 3.8) is 0 Å². The minimum absolute atomic E-state index is 0.269. The molecule has 1 aliphatic rings. The summed E-state index contributed by atoms with van der Waals surface area (Å²) in [5, 5.41) is 6.77. The molecule has 0 radical (unpaired) electrons. The van der Waals surface area contributed by atoms with Crippen LogP contribution in [0.1, 0.15) is 19.9 Å². The lowest BCUT2D eigenvalue weighted by Gasteiger charge is -2.26. The van der Waals surface area contributed by atoms with E-state index in [1.54, 1.807) is 0 Å². The van der Waals surface area contributed by atoms with Gasteiger partial charge in [-0.2, -0.15) is 9.97 Å². The number of imidazole rings is 1. The predicted octanol–water partition coefficient (Wildman–Crippen LogP) is 2.89. The van der Waals surface area contributed by atoms with Crippen molar-refractivity contribution in [2.24, 2.45) is 0 Å². The largest absolute Gasteiger partial charge is 0.379 e. The van der Waals surface area contributed by atoms with E-state index in [1.165, 1.54) is 0 Å². The van der Waals surface area contributed by atoms with Gasteiger partial charge >= 0.3 is 0 Å². The maximum Gasteiger partial charge on any atom is 0.226 e. The lowest BCUT2D eigenvalue weighted by molar-refractivity contribution is 0.0398. The summed E-state index contributed by atoms with van der Waals surface area (Å²) in [6.45, 7) is 9.53. The van der Waals surface area contributed by atoms with E-state index in [-0.39, 0.29) is 6.04 Å². The number of benzene rings is 1. The topological polar surface area (TPSA) is 80.1 Å². The second kappa shape index (κ2) is 8.53. The van der Waals surface area contributed by atoms with Gasteiger partial charge in [-0.25, -0.2) is 4.98 Å². The van der Waals surface area contributed by atoms with Crippen molar-refractivity contribution in [3.8, 4) is 0 Å². The van der Waals surface area contributed by atoms with Crippen LogP contribution in [0, 0.1) is 0 Å². The molecular weight excluding hydrogens is 354 g/mol. The molecule has 0 bridgehead atoms. The van der Waals surface area contributed by atoms with Crippen LogP contribution >= 0.6 is 0 Å². The molecule has 8 nitrogen and oxygen atoms in total. The molecule has 0 saturated carbocycles. The van der Waals surface area contributed by atoms with Crippen molar-refractivity contribution in [3.05, 3.63) is 36.7 Å². The molecule has 0 atom stereocenters. The van der Waals surface area contributed by atoms with Crippen LogP contribution in [0.25, 0.3) is 11.2 Å². The first kappa shape index (κ1) is 18.6. The number of aromatic nitrogens is 4. The molecule has 1 aromatic carbocycles. The fraction of sp³-hybridized carbons (Fsp3) is 0.450. The number of nitrogens with zero attached hydrogens (tertiary/aromatic N) is 5. The molecule has 28 heavy (non-hydrogen) atoms. The summed E-state index contributed by atoms with van der Waals surface area (Å²) in [7, 11) is 0. The molecule has 3 aromatic rings. The maximum atomic E-state index is 5.41. The van der Waals surface area contributed by atoms with Crippen molar-refractivity contribution in [2.75, 3.05) is 50.0 Å². The lowest BCUT2D eigenvalue weighted by Crippen LogP contribution is -2.39. The third-order valence-electron chi connectivity index (χ3n) is 4.83. The molecule has 1 aliphatic heterocycles. The van der Waals surface area contributed by atoms with Gasteiger partial charge in [-0.05, 0) is 26.0 Å². The van der Waals surface area contributed by atoms with Gasteiger partial charge in [-0.15, -0.1) is 0 Å². The number of hydrogen-bond acceptors (Lipinski definition) is 7. The van der Waals surface area contributed by atoms with Crippen LogP contribution < -0.4 is 10.6 Å². The molecule has 0 aliphatic carbocycles. The normalized spacial score (nSPS) is 15.2. The van der Waals surface area contributed by atoms with Gasteiger partial charge < -0.3 is 19.9 Å². The number of para-hydroxylation sites is 1. The van der Waals surface area contributed by atoms with Crippen LogP contribution in [-0.2, 0) is 4.74 Å². The molecule has 2 N–H and O–H groups in total. The number of anilines is 3. The second-order valence-electron chi connectivity index (χ2n) is 7.19. The summed E-state index contributed by atoms with van der Waals surface area (Å²) >= 11 is 0.